The fraction of sp³-hybridized carbons (Fsp3) is 0.385. The molecule has 2 rings (SSSR count). The molecule has 1 unspecified atom stereocenters. The number of allylic oxidation sites excluding steroid dienone is 2. The molecular weight excluding hydrogens is 188 g/mol. The van der Waals surface area contributed by atoms with Crippen LogP contribution in [0.15, 0.2) is 36.1 Å². The highest BCUT2D eigenvalue weighted by atomic mass is 16.5. The molecule has 0 saturated heterocycles. The number of rotatable bonds is 2. The lowest BCUT2D eigenvalue weighted by molar-refractivity contribution is 0.0949. The molecule has 1 aliphatic heterocycles. The Balaban J connectivity index is 2.25. The van der Waals surface area contributed by atoms with E-state index in [1.54, 1.807) is 7.11 Å². The minimum Gasteiger partial charge on any atom is -0.496 e. The molecule has 80 valence electrons. The van der Waals surface area contributed by atoms with Gasteiger partial charge in [0.2, 0.25) is 0 Å². The van der Waals surface area contributed by atoms with E-state index >= 15 is 0 Å². The minimum absolute atomic E-state index is 0.145. The Morgan fingerprint density at radius 1 is 1.33 bits per heavy atom. The monoisotopic (exact) mass is 204 g/mol. The molecule has 0 amide bonds. The highest BCUT2D eigenvalue weighted by Gasteiger charge is 2.19. The molecule has 2 nitrogen and oxygen atoms in total. The topological polar surface area (TPSA) is 18.5 Å². The number of ether oxygens (including phenoxy) is 2. The van der Waals surface area contributed by atoms with Crippen LogP contribution in [0.3, 0.4) is 0 Å². The zero-order valence-electron chi connectivity index (χ0n) is 9.19. The number of methoxy groups -OCH3 is 1. The molecule has 0 bridgehead atoms. The molecule has 1 aromatic carbocycles. The second-order valence-corrected chi connectivity index (χ2v) is 3.74. The summed E-state index contributed by atoms with van der Waals surface area (Å²) in [6, 6.07) is 8.05. The van der Waals surface area contributed by atoms with Gasteiger partial charge in [0.1, 0.15) is 11.9 Å². The van der Waals surface area contributed by atoms with E-state index in [1.165, 1.54) is 0 Å². The van der Waals surface area contributed by atoms with Gasteiger partial charge >= 0.3 is 0 Å². The summed E-state index contributed by atoms with van der Waals surface area (Å²) in [5, 5.41) is 0. The molecule has 2 heteroatoms. The fourth-order valence-corrected chi connectivity index (χ4v) is 1.92. The van der Waals surface area contributed by atoms with E-state index in [2.05, 4.69) is 12.1 Å². The maximum Gasteiger partial charge on any atom is 0.127 e. The zero-order valence-corrected chi connectivity index (χ0v) is 9.19. The van der Waals surface area contributed by atoms with Gasteiger partial charge in [-0.1, -0.05) is 18.2 Å². The Labute approximate surface area is 90.5 Å². The van der Waals surface area contributed by atoms with Crippen LogP contribution in [-0.4, -0.2) is 7.11 Å². The Kier molecular flexibility index (Phi) is 2.95. The Bertz CT molecular complexity index is 369. The summed E-state index contributed by atoms with van der Waals surface area (Å²) >= 11 is 0. The second-order valence-electron chi connectivity index (χ2n) is 3.74. The third-order valence-electron chi connectivity index (χ3n) is 2.67. The van der Waals surface area contributed by atoms with Crippen LogP contribution >= 0.6 is 0 Å². The fourth-order valence-electron chi connectivity index (χ4n) is 1.92. The van der Waals surface area contributed by atoms with E-state index in [4.69, 9.17) is 9.47 Å². The van der Waals surface area contributed by atoms with Crippen LogP contribution in [0.1, 0.15) is 31.4 Å². The first-order valence-corrected chi connectivity index (χ1v) is 5.27. The number of benzene rings is 1. The van der Waals surface area contributed by atoms with Crippen LogP contribution in [0.2, 0.25) is 0 Å². The van der Waals surface area contributed by atoms with E-state index in [1.807, 2.05) is 25.1 Å². The maximum atomic E-state index is 5.80. The van der Waals surface area contributed by atoms with Crippen LogP contribution < -0.4 is 4.74 Å². The Morgan fingerprint density at radius 3 is 2.87 bits per heavy atom. The second kappa shape index (κ2) is 4.39. The van der Waals surface area contributed by atoms with Crippen LogP contribution in [0, 0.1) is 0 Å². The molecule has 1 heterocycles. The van der Waals surface area contributed by atoms with E-state index < -0.39 is 0 Å². The lowest BCUT2D eigenvalue weighted by atomic mass is 10.0. The van der Waals surface area contributed by atoms with Gasteiger partial charge in [0, 0.05) is 5.56 Å². The van der Waals surface area contributed by atoms with Crippen molar-refractivity contribution in [2.75, 3.05) is 7.11 Å². The molecule has 0 spiro atoms. The molecule has 0 N–H and O–H groups in total. The summed E-state index contributed by atoms with van der Waals surface area (Å²) in [5.41, 5.74) is 1.15. The van der Waals surface area contributed by atoms with Crippen molar-refractivity contribution in [3.05, 3.63) is 41.7 Å². The normalized spacial score (nSPS) is 20.4. The van der Waals surface area contributed by atoms with E-state index in [-0.39, 0.29) is 6.10 Å². The van der Waals surface area contributed by atoms with Crippen molar-refractivity contribution in [1.29, 1.82) is 0 Å². The third kappa shape index (κ3) is 2.14. The first-order valence-electron chi connectivity index (χ1n) is 5.27. The number of para-hydroxylation sites is 1. The van der Waals surface area contributed by atoms with Crippen molar-refractivity contribution < 1.29 is 9.47 Å². The standard InChI is InChI=1S/C13H16O2/c1-10-6-5-9-13(15-10)11-7-3-4-8-12(11)14-2/h3-4,6-8,13H,5,9H2,1-2H3. The lowest BCUT2D eigenvalue weighted by Crippen LogP contribution is -2.08. The lowest BCUT2D eigenvalue weighted by Gasteiger charge is -2.24. The van der Waals surface area contributed by atoms with Crippen molar-refractivity contribution in [2.45, 2.75) is 25.9 Å². The van der Waals surface area contributed by atoms with Crippen molar-refractivity contribution >= 4 is 0 Å². The molecule has 15 heavy (non-hydrogen) atoms. The summed E-state index contributed by atoms with van der Waals surface area (Å²) in [6.45, 7) is 2.00. The molecule has 0 saturated carbocycles. The van der Waals surface area contributed by atoms with Crippen LogP contribution in [0.25, 0.3) is 0 Å². The van der Waals surface area contributed by atoms with Gasteiger partial charge in [0.15, 0.2) is 0 Å². The van der Waals surface area contributed by atoms with Crippen LogP contribution in [0.5, 0.6) is 5.75 Å². The van der Waals surface area contributed by atoms with Gasteiger partial charge in [-0.2, -0.15) is 0 Å². The van der Waals surface area contributed by atoms with Gasteiger partial charge in [-0.3, -0.25) is 0 Å². The highest BCUT2D eigenvalue weighted by Crippen LogP contribution is 2.34. The van der Waals surface area contributed by atoms with Crippen LogP contribution in [-0.2, 0) is 4.74 Å². The smallest absolute Gasteiger partial charge is 0.127 e. The summed E-state index contributed by atoms with van der Waals surface area (Å²) in [7, 11) is 1.70. The van der Waals surface area contributed by atoms with E-state index in [9.17, 15) is 0 Å². The minimum atomic E-state index is 0.145. The summed E-state index contributed by atoms with van der Waals surface area (Å²) in [6.07, 6.45) is 4.38. The van der Waals surface area contributed by atoms with Gasteiger partial charge < -0.3 is 9.47 Å². The van der Waals surface area contributed by atoms with Crippen molar-refractivity contribution in [3.63, 3.8) is 0 Å². The Morgan fingerprint density at radius 2 is 2.13 bits per heavy atom. The first-order chi connectivity index (χ1) is 7.31. The van der Waals surface area contributed by atoms with E-state index in [0.717, 1.165) is 29.9 Å². The predicted molar refractivity (Wildman–Crippen MR) is 59.8 cm³/mol. The summed E-state index contributed by atoms with van der Waals surface area (Å²) < 4.78 is 11.1. The molecule has 0 aromatic heterocycles. The Hall–Kier alpha value is -1.44. The summed E-state index contributed by atoms with van der Waals surface area (Å²) in [4.78, 5) is 0. The molecule has 0 aliphatic carbocycles. The van der Waals surface area contributed by atoms with Crippen molar-refractivity contribution in [3.8, 4) is 5.75 Å². The van der Waals surface area contributed by atoms with Gasteiger partial charge in [-0.15, -0.1) is 0 Å². The number of hydrogen-bond acceptors (Lipinski definition) is 2. The highest BCUT2D eigenvalue weighted by molar-refractivity contribution is 5.35. The predicted octanol–water partition coefficient (Wildman–Crippen LogP) is 3.45. The zero-order chi connectivity index (χ0) is 10.7. The quantitative estimate of drug-likeness (QED) is 0.734. The van der Waals surface area contributed by atoms with Gasteiger partial charge in [0.25, 0.3) is 0 Å². The van der Waals surface area contributed by atoms with Gasteiger partial charge in [-0.25, -0.2) is 0 Å². The SMILES string of the molecule is COc1ccccc1C1CCC=C(C)O1. The van der Waals surface area contributed by atoms with Crippen molar-refractivity contribution in [2.24, 2.45) is 0 Å². The maximum absolute atomic E-state index is 5.80. The van der Waals surface area contributed by atoms with Crippen molar-refractivity contribution in [1.82, 2.24) is 0 Å². The molecule has 1 atom stereocenters. The first kappa shape index (κ1) is 10.1. The van der Waals surface area contributed by atoms with Gasteiger partial charge in [-0.05, 0) is 31.9 Å². The van der Waals surface area contributed by atoms with E-state index in [0.29, 0.717) is 0 Å². The molecular formula is C13H16O2. The third-order valence-corrected chi connectivity index (χ3v) is 2.67. The number of hydrogen-bond donors (Lipinski definition) is 0. The van der Waals surface area contributed by atoms with Crippen LogP contribution in [0.4, 0.5) is 0 Å². The molecule has 0 radical (unpaired) electrons. The summed E-state index contributed by atoms with van der Waals surface area (Å²) in [5.74, 6) is 1.93. The largest absolute Gasteiger partial charge is 0.496 e. The molecule has 0 fully saturated rings. The molecule has 1 aromatic rings. The average Bonchev–Trinajstić information content (AvgIpc) is 2.29. The average molecular weight is 204 g/mol. The van der Waals surface area contributed by atoms with Gasteiger partial charge in [0.05, 0.1) is 12.9 Å². The molecule has 1 aliphatic rings.